The van der Waals surface area contributed by atoms with Crippen LogP contribution in [0, 0.1) is 25.2 Å². The van der Waals surface area contributed by atoms with E-state index in [0.717, 1.165) is 16.7 Å². The summed E-state index contributed by atoms with van der Waals surface area (Å²) < 4.78 is 31.8. The zero-order valence-corrected chi connectivity index (χ0v) is 20.8. The van der Waals surface area contributed by atoms with Crippen molar-refractivity contribution in [2.24, 2.45) is 0 Å². The Labute approximate surface area is 204 Å². The second kappa shape index (κ2) is 10.8. The van der Waals surface area contributed by atoms with Crippen LogP contribution in [0.4, 0.5) is 5.69 Å². The van der Waals surface area contributed by atoms with E-state index in [4.69, 9.17) is 16.3 Å². The molecule has 0 heterocycles. The van der Waals surface area contributed by atoms with Crippen LogP contribution in [0.3, 0.4) is 0 Å². The molecule has 8 heteroatoms. The molecule has 0 aliphatic heterocycles. The number of sulfone groups is 1. The molecule has 0 atom stereocenters. The number of aryl methyl sites for hydroxylation is 2. The molecule has 0 aromatic heterocycles. The summed E-state index contributed by atoms with van der Waals surface area (Å²) in [6.45, 7) is 4.00. The number of thioether (sulfide) groups is 1. The number of rotatable bonds is 8. The summed E-state index contributed by atoms with van der Waals surface area (Å²) in [7, 11) is -2.52. The monoisotopic (exact) mass is 498 g/mol. The van der Waals surface area contributed by atoms with Gasteiger partial charge in [0, 0.05) is 11.4 Å². The van der Waals surface area contributed by atoms with E-state index in [9.17, 15) is 13.7 Å². The predicted molar refractivity (Wildman–Crippen MR) is 135 cm³/mol. The molecule has 5 nitrogen and oxygen atoms in total. The Bertz CT molecular complexity index is 1330. The molecule has 0 bridgehead atoms. The van der Waals surface area contributed by atoms with Crippen LogP contribution in [0.1, 0.15) is 16.7 Å². The number of ether oxygens (including phenoxy) is 1. The highest BCUT2D eigenvalue weighted by molar-refractivity contribution is 8.04. The van der Waals surface area contributed by atoms with Crippen LogP contribution < -0.4 is 10.1 Å². The Morgan fingerprint density at radius 2 is 1.82 bits per heavy atom. The molecule has 0 aliphatic rings. The molecular formula is C25H23ClN2O3S2. The van der Waals surface area contributed by atoms with Crippen molar-refractivity contribution in [1.29, 1.82) is 5.26 Å². The summed E-state index contributed by atoms with van der Waals surface area (Å²) in [4.78, 5) is -0.295. The van der Waals surface area contributed by atoms with Crippen molar-refractivity contribution in [2.75, 3.05) is 12.4 Å². The van der Waals surface area contributed by atoms with Gasteiger partial charge in [-0.3, -0.25) is 0 Å². The van der Waals surface area contributed by atoms with Gasteiger partial charge in [0.15, 0.2) is 4.91 Å². The van der Waals surface area contributed by atoms with Crippen LogP contribution in [-0.2, 0) is 15.6 Å². The average Bonchev–Trinajstić information content (AvgIpc) is 2.80. The number of hydrogen-bond donors (Lipinski definition) is 1. The van der Waals surface area contributed by atoms with Crippen molar-refractivity contribution in [2.45, 2.75) is 24.5 Å². The van der Waals surface area contributed by atoms with Crippen molar-refractivity contribution >= 4 is 38.9 Å². The number of anilines is 1. The van der Waals surface area contributed by atoms with E-state index in [0.29, 0.717) is 22.2 Å². The maximum Gasteiger partial charge on any atom is 0.219 e. The third kappa shape index (κ3) is 5.91. The Balaban J connectivity index is 2.07. The lowest BCUT2D eigenvalue weighted by Gasteiger charge is -2.15. The Hall–Kier alpha value is -2.92. The van der Waals surface area contributed by atoms with Gasteiger partial charge in [-0.2, -0.15) is 5.26 Å². The van der Waals surface area contributed by atoms with Crippen LogP contribution >= 0.6 is 23.4 Å². The SMILES string of the molecule is COc1ccc(NC(SCc2cc(C)ccc2C)=C(C#N)S(=O)(=O)c2ccccc2)cc1Cl. The topological polar surface area (TPSA) is 79.2 Å². The molecular weight excluding hydrogens is 476 g/mol. The summed E-state index contributed by atoms with van der Waals surface area (Å²) in [6, 6.07) is 21.0. The highest BCUT2D eigenvalue weighted by atomic mass is 35.5. The first-order chi connectivity index (χ1) is 15.8. The number of halogens is 1. The van der Waals surface area contributed by atoms with E-state index in [1.165, 1.54) is 31.0 Å². The van der Waals surface area contributed by atoms with Gasteiger partial charge in [0.25, 0.3) is 0 Å². The molecule has 0 saturated heterocycles. The lowest BCUT2D eigenvalue weighted by atomic mass is 10.1. The number of allylic oxidation sites excluding steroid dienone is 1. The van der Waals surface area contributed by atoms with Crippen molar-refractivity contribution in [3.05, 3.63) is 98.4 Å². The van der Waals surface area contributed by atoms with Crippen LogP contribution in [0.5, 0.6) is 5.75 Å². The summed E-state index contributed by atoms with van der Waals surface area (Å²) in [5, 5.41) is 13.6. The van der Waals surface area contributed by atoms with Gasteiger partial charge >= 0.3 is 0 Å². The maximum atomic E-state index is 13.3. The minimum atomic E-state index is -4.04. The Morgan fingerprint density at radius 3 is 2.45 bits per heavy atom. The van der Waals surface area contributed by atoms with Crippen LogP contribution in [0.15, 0.2) is 81.6 Å². The molecule has 3 aromatic carbocycles. The van der Waals surface area contributed by atoms with E-state index in [-0.39, 0.29) is 14.8 Å². The lowest BCUT2D eigenvalue weighted by molar-refractivity contribution is 0.415. The fraction of sp³-hybridized carbons (Fsp3) is 0.160. The van der Waals surface area contributed by atoms with E-state index < -0.39 is 9.84 Å². The summed E-state index contributed by atoms with van der Waals surface area (Å²) >= 11 is 7.51. The van der Waals surface area contributed by atoms with Crippen LogP contribution in [0.25, 0.3) is 0 Å². The van der Waals surface area contributed by atoms with Crippen LogP contribution in [-0.4, -0.2) is 15.5 Å². The number of hydrogen-bond acceptors (Lipinski definition) is 6. The first kappa shape index (κ1) is 24.7. The quantitative estimate of drug-likeness (QED) is 0.358. The molecule has 0 radical (unpaired) electrons. The van der Waals surface area contributed by atoms with Crippen molar-refractivity contribution < 1.29 is 13.2 Å². The highest BCUT2D eigenvalue weighted by Crippen LogP contribution is 2.34. The van der Waals surface area contributed by atoms with Crippen molar-refractivity contribution in [3.8, 4) is 11.8 Å². The zero-order chi connectivity index (χ0) is 24.0. The second-order valence-electron chi connectivity index (χ2n) is 7.28. The number of nitrogens with zero attached hydrogens (tertiary/aromatic N) is 1. The second-order valence-corrected chi connectivity index (χ2v) is 10.6. The summed E-state index contributed by atoms with van der Waals surface area (Å²) in [5.74, 6) is 0.975. The molecule has 0 spiro atoms. The van der Waals surface area contributed by atoms with E-state index in [1.807, 2.05) is 32.0 Å². The van der Waals surface area contributed by atoms with Crippen molar-refractivity contribution in [1.82, 2.24) is 0 Å². The molecule has 0 unspecified atom stereocenters. The molecule has 0 aliphatic carbocycles. The van der Waals surface area contributed by atoms with Gasteiger partial charge < -0.3 is 10.1 Å². The van der Waals surface area contributed by atoms with Gasteiger partial charge in [0.05, 0.1) is 17.0 Å². The molecule has 3 rings (SSSR count). The minimum Gasteiger partial charge on any atom is -0.495 e. The van der Waals surface area contributed by atoms with Gasteiger partial charge in [-0.1, -0.05) is 53.6 Å². The molecule has 0 amide bonds. The standard InChI is InChI=1S/C25H23ClN2O3S2/c1-17-9-10-18(2)19(13-17)16-32-25(28-20-11-12-23(31-3)22(26)14-20)24(15-27)33(29,30)21-7-5-4-6-8-21/h4-14,28H,16H2,1-3H3. The normalized spacial score (nSPS) is 12.0. The largest absolute Gasteiger partial charge is 0.495 e. The Morgan fingerprint density at radius 1 is 1.09 bits per heavy atom. The number of methoxy groups -OCH3 is 1. The van der Waals surface area contributed by atoms with Gasteiger partial charge in [-0.25, -0.2) is 8.42 Å². The molecule has 0 fully saturated rings. The van der Waals surface area contributed by atoms with Gasteiger partial charge in [0.2, 0.25) is 9.84 Å². The van der Waals surface area contributed by atoms with Gasteiger partial charge in [-0.15, -0.1) is 11.8 Å². The molecule has 33 heavy (non-hydrogen) atoms. The molecule has 3 aromatic rings. The van der Waals surface area contributed by atoms with E-state index >= 15 is 0 Å². The maximum absolute atomic E-state index is 13.3. The van der Waals surface area contributed by atoms with E-state index in [2.05, 4.69) is 11.4 Å². The average molecular weight is 499 g/mol. The fourth-order valence-corrected chi connectivity index (χ4v) is 6.00. The van der Waals surface area contributed by atoms with Gasteiger partial charge in [-0.05, 0) is 55.3 Å². The first-order valence-corrected chi connectivity index (χ1v) is 12.8. The summed E-state index contributed by atoms with van der Waals surface area (Å²) in [5.41, 5.74) is 3.79. The number of nitrogens with one attached hydrogen (secondary N) is 1. The number of nitriles is 1. The van der Waals surface area contributed by atoms with Gasteiger partial charge in [0.1, 0.15) is 16.8 Å². The smallest absolute Gasteiger partial charge is 0.219 e. The molecule has 1 N–H and O–H groups in total. The van der Waals surface area contributed by atoms with Crippen LogP contribution in [0.2, 0.25) is 5.02 Å². The molecule has 170 valence electrons. The minimum absolute atomic E-state index is 0.0564. The third-order valence-corrected chi connectivity index (χ3v) is 8.12. The summed E-state index contributed by atoms with van der Waals surface area (Å²) in [6.07, 6.45) is 0. The zero-order valence-electron chi connectivity index (χ0n) is 18.4. The van der Waals surface area contributed by atoms with E-state index in [1.54, 1.807) is 36.4 Å². The van der Waals surface area contributed by atoms with Crippen molar-refractivity contribution in [3.63, 3.8) is 0 Å². The highest BCUT2D eigenvalue weighted by Gasteiger charge is 2.25. The Kier molecular flexibility index (Phi) is 8.09. The fourth-order valence-electron chi connectivity index (χ4n) is 3.09. The predicted octanol–water partition coefficient (Wildman–Crippen LogP) is 6.48. The third-order valence-electron chi connectivity index (χ3n) is 4.92. The lowest BCUT2D eigenvalue weighted by Crippen LogP contribution is -2.10. The number of benzene rings is 3. The molecule has 0 saturated carbocycles. The first-order valence-electron chi connectivity index (χ1n) is 10.00.